The van der Waals surface area contributed by atoms with Gasteiger partial charge in [0.15, 0.2) is 0 Å². The van der Waals surface area contributed by atoms with Gasteiger partial charge < -0.3 is 5.32 Å². The molecule has 104 valence electrons. The van der Waals surface area contributed by atoms with E-state index in [0.717, 1.165) is 29.6 Å². The van der Waals surface area contributed by atoms with Crippen molar-refractivity contribution in [1.82, 2.24) is 15.1 Å². The van der Waals surface area contributed by atoms with Gasteiger partial charge in [0.1, 0.15) is 0 Å². The van der Waals surface area contributed by atoms with E-state index >= 15 is 0 Å². The first kappa shape index (κ1) is 14.8. The lowest BCUT2D eigenvalue weighted by Gasteiger charge is -2.18. The maximum absolute atomic E-state index is 4.47. The molecule has 2 heterocycles. The molecule has 0 amide bonds. The maximum atomic E-state index is 4.47. The molecule has 0 aromatic carbocycles. The SMILES string of the molecule is CCCNC(Cc1c(Br)c(C)nn1C)c1ccsc1. The third-order valence-corrected chi connectivity index (χ3v) is 4.98. The van der Waals surface area contributed by atoms with Gasteiger partial charge in [0.2, 0.25) is 0 Å². The molecule has 0 saturated carbocycles. The molecule has 0 spiro atoms. The quantitative estimate of drug-likeness (QED) is 0.865. The lowest BCUT2D eigenvalue weighted by atomic mass is 10.0. The number of hydrogen-bond acceptors (Lipinski definition) is 3. The number of rotatable bonds is 6. The average Bonchev–Trinajstić information content (AvgIpc) is 2.98. The summed E-state index contributed by atoms with van der Waals surface area (Å²) in [7, 11) is 2.01. The third kappa shape index (κ3) is 3.46. The van der Waals surface area contributed by atoms with Crippen LogP contribution in [0.15, 0.2) is 21.3 Å². The molecule has 1 atom stereocenters. The second-order valence-corrected chi connectivity index (χ2v) is 6.31. The molecule has 0 aliphatic carbocycles. The van der Waals surface area contributed by atoms with E-state index in [1.54, 1.807) is 11.3 Å². The summed E-state index contributed by atoms with van der Waals surface area (Å²) in [5.74, 6) is 0. The second-order valence-electron chi connectivity index (χ2n) is 4.74. The molecular weight excluding hydrogens is 322 g/mol. The summed E-state index contributed by atoms with van der Waals surface area (Å²) >= 11 is 5.40. The van der Waals surface area contributed by atoms with Crippen molar-refractivity contribution in [2.75, 3.05) is 6.54 Å². The van der Waals surface area contributed by atoms with Gasteiger partial charge in [0, 0.05) is 19.5 Å². The fraction of sp³-hybridized carbons (Fsp3) is 0.500. The number of nitrogens with one attached hydrogen (secondary N) is 1. The highest BCUT2D eigenvalue weighted by molar-refractivity contribution is 9.10. The van der Waals surface area contributed by atoms with Crippen LogP contribution >= 0.6 is 27.3 Å². The molecule has 0 bridgehead atoms. The van der Waals surface area contributed by atoms with E-state index < -0.39 is 0 Å². The molecule has 2 aromatic rings. The summed E-state index contributed by atoms with van der Waals surface area (Å²) in [5.41, 5.74) is 3.67. The lowest BCUT2D eigenvalue weighted by Crippen LogP contribution is -2.24. The molecular formula is C14H20BrN3S. The van der Waals surface area contributed by atoms with Crippen LogP contribution in [0.2, 0.25) is 0 Å². The molecule has 19 heavy (non-hydrogen) atoms. The second kappa shape index (κ2) is 6.68. The van der Waals surface area contributed by atoms with Crippen LogP contribution in [0.5, 0.6) is 0 Å². The van der Waals surface area contributed by atoms with Gasteiger partial charge in [0.25, 0.3) is 0 Å². The molecule has 0 aliphatic heterocycles. The van der Waals surface area contributed by atoms with Crippen molar-refractivity contribution in [1.29, 1.82) is 0 Å². The topological polar surface area (TPSA) is 29.9 Å². The predicted molar refractivity (Wildman–Crippen MR) is 84.7 cm³/mol. The third-order valence-electron chi connectivity index (χ3n) is 3.25. The Balaban J connectivity index is 2.20. The van der Waals surface area contributed by atoms with Crippen LogP contribution in [0.25, 0.3) is 0 Å². The number of thiophene rings is 1. The van der Waals surface area contributed by atoms with Crippen LogP contribution in [0.4, 0.5) is 0 Å². The Morgan fingerprint density at radius 2 is 2.32 bits per heavy atom. The van der Waals surface area contributed by atoms with Crippen LogP contribution in [-0.4, -0.2) is 16.3 Å². The first-order valence-electron chi connectivity index (χ1n) is 6.57. The minimum atomic E-state index is 0.359. The van der Waals surface area contributed by atoms with Crippen molar-refractivity contribution in [3.8, 4) is 0 Å². The van der Waals surface area contributed by atoms with Crippen LogP contribution in [-0.2, 0) is 13.5 Å². The Kier molecular flexibility index (Phi) is 5.19. The van der Waals surface area contributed by atoms with Gasteiger partial charge in [-0.1, -0.05) is 6.92 Å². The van der Waals surface area contributed by atoms with Crippen LogP contribution in [0.1, 0.15) is 36.3 Å². The molecule has 1 N–H and O–H groups in total. The Bertz CT molecular complexity index is 519. The van der Waals surface area contributed by atoms with Crippen molar-refractivity contribution in [3.05, 3.63) is 38.3 Å². The molecule has 2 aromatic heterocycles. The smallest absolute Gasteiger partial charge is 0.0738 e. The van der Waals surface area contributed by atoms with Gasteiger partial charge in [-0.25, -0.2) is 0 Å². The summed E-state index contributed by atoms with van der Waals surface area (Å²) < 4.78 is 3.11. The first-order valence-corrected chi connectivity index (χ1v) is 8.30. The predicted octanol–water partition coefficient (Wildman–Crippen LogP) is 3.84. The largest absolute Gasteiger partial charge is 0.310 e. The number of halogens is 1. The molecule has 0 aliphatic rings. The Morgan fingerprint density at radius 3 is 2.84 bits per heavy atom. The number of aromatic nitrogens is 2. The van der Waals surface area contributed by atoms with E-state index in [1.165, 1.54) is 11.3 Å². The molecule has 5 heteroatoms. The summed E-state index contributed by atoms with van der Waals surface area (Å²) in [5, 5.41) is 12.5. The van der Waals surface area contributed by atoms with Gasteiger partial charge in [-0.05, 0) is 58.2 Å². The highest BCUT2D eigenvalue weighted by Gasteiger charge is 2.18. The zero-order valence-corrected chi connectivity index (χ0v) is 14.0. The monoisotopic (exact) mass is 341 g/mol. The van der Waals surface area contributed by atoms with Crippen molar-refractivity contribution in [3.63, 3.8) is 0 Å². The molecule has 0 saturated heterocycles. The van der Waals surface area contributed by atoms with Gasteiger partial charge >= 0.3 is 0 Å². The average molecular weight is 342 g/mol. The molecule has 3 nitrogen and oxygen atoms in total. The lowest BCUT2D eigenvalue weighted by molar-refractivity contribution is 0.512. The Labute approximate surface area is 127 Å². The summed E-state index contributed by atoms with van der Waals surface area (Å²) in [6.07, 6.45) is 2.10. The van der Waals surface area contributed by atoms with Crippen LogP contribution < -0.4 is 5.32 Å². The minimum Gasteiger partial charge on any atom is -0.310 e. The summed E-state index contributed by atoms with van der Waals surface area (Å²) in [4.78, 5) is 0. The van der Waals surface area contributed by atoms with Gasteiger partial charge in [-0.15, -0.1) is 0 Å². The van der Waals surface area contributed by atoms with Crippen molar-refractivity contribution >= 4 is 27.3 Å². The Hall–Kier alpha value is -0.650. The van der Waals surface area contributed by atoms with Crippen molar-refractivity contribution in [2.24, 2.45) is 7.05 Å². The fourth-order valence-electron chi connectivity index (χ4n) is 2.19. The van der Waals surface area contributed by atoms with E-state index in [-0.39, 0.29) is 0 Å². The fourth-order valence-corrected chi connectivity index (χ4v) is 3.41. The van der Waals surface area contributed by atoms with Crippen molar-refractivity contribution < 1.29 is 0 Å². The van der Waals surface area contributed by atoms with Crippen LogP contribution in [0, 0.1) is 6.92 Å². The zero-order valence-electron chi connectivity index (χ0n) is 11.6. The normalized spacial score (nSPS) is 12.8. The number of hydrogen-bond donors (Lipinski definition) is 1. The molecule has 0 fully saturated rings. The minimum absolute atomic E-state index is 0.359. The maximum Gasteiger partial charge on any atom is 0.0738 e. The van der Waals surface area contributed by atoms with Gasteiger partial charge in [0.05, 0.1) is 15.9 Å². The van der Waals surface area contributed by atoms with E-state index in [2.05, 4.69) is 50.1 Å². The molecule has 2 rings (SSSR count). The number of aryl methyl sites for hydroxylation is 2. The van der Waals surface area contributed by atoms with Crippen LogP contribution in [0.3, 0.4) is 0 Å². The summed E-state index contributed by atoms with van der Waals surface area (Å²) in [6.45, 7) is 5.27. The standard InChI is InChI=1S/C14H20BrN3S/c1-4-6-16-12(11-5-7-19-9-11)8-13-14(15)10(2)17-18(13)3/h5,7,9,12,16H,4,6,8H2,1-3H3. The highest BCUT2D eigenvalue weighted by Crippen LogP contribution is 2.27. The summed E-state index contributed by atoms with van der Waals surface area (Å²) in [6, 6.07) is 2.56. The van der Waals surface area contributed by atoms with E-state index in [9.17, 15) is 0 Å². The molecule has 0 radical (unpaired) electrons. The molecule has 1 unspecified atom stereocenters. The van der Waals surface area contributed by atoms with Crippen molar-refractivity contribution in [2.45, 2.75) is 32.7 Å². The van der Waals surface area contributed by atoms with E-state index in [1.807, 2.05) is 18.7 Å². The van der Waals surface area contributed by atoms with Gasteiger partial charge in [-0.3, -0.25) is 4.68 Å². The first-order chi connectivity index (χ1) is 9.13. The van der Waals surface area contributed by atoms with Gasteiger partial charge in [-0.2, -0.15) is 16.4 Å². The van der Waals surface area contributed by atoms with E-state index in [0.29, 0.717) is 6.04 Å². The highest BCUT2D eigenvalue weighted by atomic mass is 79.9. The van der Waals surface area contributed by atoms with E-state index in [4.69, 9.17) is 0 Å². The zero-order chi connectivity index (χ0) is 13.8. The number of nitrogens with zero attached hydrogens (tertiary/aromatic N) is 2. The Morgan fingerprint density at radius 1 is 1.53 bits per heavy atom.